The zero-order valence-electron chi connectivity index (χ0n) is 16.0. The quantitative estimate of drug-likeness (QED) is 0.489. The number of halogens is 1. The van der Waals surface area contributed by atoms with Crippen molar-refractivity contribution in [3.05, 3.63) is 65.0 Å². The van der Waals surface area contributed by atoms with Gasteiger partial charge in [-0.1, -0.05) is 24.3 Å². The summed E-state index contributed by atoms with van der Waals surface area (Å²) in [5.41, 5.74) is 2.50. The molecule has 0 bridgehead atoms. The smallest absolute Gasteiger partial charge is 0.240 e. The molecular formula is C20H25FN4O2S. The van der Waals surface area contributed by atoms with Gasteiger partial charge in [0.05, 0.1) is 4.90 Å². The molecule has 1 saturated carbocycles. The molecule has 3 N–H and O–H groups in total. The largest absolute Gasteiger partial charge is 0.352 e. The lowest BCUT2D eigenvalue weighted by Crippen LogP contribution is -2.36. The second-order valence-corrected chi connectivity index (χ2v) is 8.62. The van der Waals surface area contributed by atoms with Crippen LogP contribution in [-0.4, -0.2) is 27.5 Å². The van der Waals surface area contributed by atoms with Crippen molar-refractivity contribution >= 4 is 16.0 Å². The molecule has 2 aromatic rings. The van der Waals surface area contributed by atoms with E-state index in [0.717, 1.165) is 24.0 Å². The minimum atomic E-state index is -3.43. The van der Waals surface area contributed by atoms with Crippen LogP contribution in [0.3, 0.4) is 0 Å². The predicted molar refractivity (Wildman–Crippen MR) is 108 cm³/mol. The number of hydrogen-bond donors (Lipinski definition) is 3. The Balaban J connectivity index is 1.52. The molecular weight excluding hydrogens is 379 g/mol. The normalized spacial score (nSPS) is 14.8. The third-order valence-electron chi connectivity index (χ3n) is 4.50. The minimum absolute atomic E-state index is 0.0886. The molecule has 0 aromatic heterocycles. The maximum atomic E-state index is 13.3. The number of rotatable bonds is 7. The second-order valence-electron chi connectivity index (χ2n) is 6.90. The maximum Gasteiger partial charge on any atom is 0.240 e. The molecule has 0 radical (unpaired) electrons. The molecule has 1 aliphatic rings. The van der Waals surface area contributed by atoms with Crippen LogP contribution in [0.1, 0.15) is 29.5 Å². The molecule has 150 valence electrons. The Morgan fingerprint density at radius 3 is 2.25 bits per heavy atom. The molecule has 2 aromatic carbocycles. The standard InChI is InChI=1S/C20H25FN4O2S/c1-14-11-16(5-10-19(14)21)13-24-20(22-2)23-12-15-3-8-18(9-4-15)28(26,27)25-17-6-7-17/h3-5,8-11,17,25H,6-7,12-13H2,1-2H3,(H2,22,23,24). The molecule has 8 heteroatoms. The van der Waals surface area contributed by atoms with Crippen LogP contribution in [0.2, 0.25) is 0 Å². The molecule has 28 heavy (non-hydrogen) atoms. The summed E-state index contributed by atoms with van der Waals surface area (Å²) in [6.45, 7) is 2.75. The number of aryl methyl sites for hydroxylation is 1. The van der Waals surface area contributed by atoms with Crippen LogP contribution in [0.4, 0.5) is 4.39 Å². The van der Waals surface area contributed by atoms with Crippen LogP contribution in [-0.2, 0) is 23.1 Å². The van der Waals surface area contributed by atoms with Gasteiger partial charge in [-0.25, -0.2) is 17.5 Å². The van der Waals surface area contributed by atoms with E-state index in [0.29, 0.717) is 24.6 Å². The van der Waals surface area contributed by atoms with Crippen molar-refractivity contribution in [3.63, 3.8) is 0 Å². The topological polar surface area (TPSA) is 82.6 Å². The summed E-state index contributed by atoms with van der Waals surface area (Å²) in [4.78, 5) is 4.44. The maximum absolute atomic E-state index is 13.3. The van der Waals surface area contributed by atoms with Crippen LogP contribution in [0.25, 0.3) is 0 Å². The van der Waals surface area contributed by atoms with Crippen molar-refractivity contribution in [2.75, 3.05) is 7.05 Å². The first kappa shape index (κ1) is 20.3. The first-order valence-electron chi connectivity index (χ1n) is 9.18. The third kappa shape index (κ3) is 5.53. The molecule has 0 heterocycles. The highest BCUT2D eigenvalue weighted by molar-refractivity contribution is 7.89. The Morgan fingerprint density at radius 1 is 1.07 bits per heavy atom. The van der Waals surface area contributed by atoms with Gasteiger partial charge in [0, 0.05) is 26.2 Å². The number of nitrogens with one attached hydrogen (secondary N) is 3. The Labute approximate surface area is 165 Å². The molecule has 3 rings (SSSR count). The van der Waals surface area contributed by atoms with E-state index in [1.165, 1.54) is 6.07 Å². The van der Waals surface area contributed by atoms with Crippen molar-refractivity contribution < 1.29 is 12.8 Å². The zero-order valence-corrected chi connectivity index (χ0v) is 16.8. The van der Waals surface area contributed by atoms with E-state index in [1.807, 2.05) is 0 Å². The Morgan fingerprint density at radius 2 is 1.68 bits per heavy atom. The van der Waals surface area contributed by atoms with E-state index >= 15 is 0 Å². The van der Waals surface area contributed by atoms with Gasteiger partial charge >= 0.3 is 0 Å². The van der Waals surface area contributed by atoms with Gasteiger partial charge in [0.2, 0.25) is 10.0 Å². The van der Waals surface area contributed by atoms with E-state index in [4.69, 9.17) is 0 Å². The Kier molecular flexibility index (Phi) is 6.31. The molecule has 1 fully saturated rings. The fourth-order valence-electron chi connectivity index (χ4n) is 2.68. The number of hydrogen-bond acceptors (Lipinski definition) is 3. The minimum Gasteiger partial charge on any atom is -0.352 e. The van der Waals surface area contributed by atoms with Crippen LogP contribution < -0.4 is 15.4 Å². The number of nitrogens with zero attached hydrogens (tertiary/aromatic N) is 1. The zero-order chi connectivity index (χ0) is 20.1. The van der Waals surface area contributed by atoms with Crippen molar-refractivity contribution in [1.29, 1.82) is 0 Å². The lowest BCUT2D eigenvalue weighted by Gasteiger charge is -2.13. The lowest BCUT2D eigenvalue weighted by atomic mass is 10.1. The van der Waals surface area contributed by atoms with E-state index in [1.54, 1.807) is 50.4 Å². The monoisotopic (exact) mass is 404 g/mol. The van der Waals surface area contributed by atoms with E-state index in [2.05, 4.69) is 20.3 Å². The number of sulfonamides is 1. The van der Waals surface area contributed by atoms with Crippen molar-refractivity contribution in [2.45, 2.75) is 43.8 Å². The van der Waals surface area contributed by atoms with Gasteiger partial charge in [0.15, 0.2) is 5.96 Å². The highest BCUT2D eigenvalue weighted by Gasteiger charge is 2.27. The molecule has 0 aliphatic heterocycles. The van der Waals surface area contributed by atoms with Crippen molar-refractivity contribution in [1.82, 2.24) is 15.4 Å². The summed E-state index contributed by atoms with van der Waals surface area (Å²) >= 11 is 0. The first-order valence-corrected chi connectivity index (χ1v) is 10.7. The van der Waals surface area contributed by atoms with E-state index in [-0.39, 0.29) is 16.8 Å². The Bertz CT molecular complexity index is 955. The van der Waals surface area contributed by atoms with Gasteiger partial charge < -0.3 is 10.6 Å². The molecule has 0 amide bonds. The lowest BCUT2D eigenvalue weighted by molar-refractivity contribution is 0.581. The summed E-state index contributed by atoms with van der Waals surface area (Å²) < 4.78 is 40.4. The average molecular weight is 405 g/mol. The summed E-state index contributed by atoms with van der Waals surface area (Å²) in [6.07, 6.45) is 1.82. The predicted octanol–water partition coefficient (Wildman–Crippen LogP) is 2.44. The van der Waals surface area contributed by atoms with Gasteiger partial charge in [-0.15, -0.1) is 0 Å². The van der Waals surface area contributed by atoms with Crippen molar-refractivity contribution in [3.8, 4) is 0 Å². The highest BCUT2D eigenvalue weighted by atomic mass is 32.2. The molecule has 0 spiro atoms. The van der Waals surface area contributed by atoms with Crippen LogP contribution in [0.15, 0.2) is 52.4 Å². The van der Waals surface area contributed by atoms with Gasteiger partial charge in [-0.2, -0.15) is 0 Å². The molecule has 0 unspecified atom stereocenters. The number of benzene rings is 2. The van der Waals surface area contributed by atoms with Gasteiger partial charge in [-0.05, 0) is 54.7 Å². The summed E-state index contributed by atoms with van der Waals surface area (Å²) in [6, 6.07) is 11.9. The Hall–Kier alpha value is -2.45. The highest BCUT2D eigenvalue weighted by Crippen LogP contribution is 2.22. The van der Waals surface area contributed by atoms with E-state index < -0.39 is 10.0 Å². The molecule has 0 saturated heterocycles. The summed E-state index contributed by atoms with van der Waals surface area (Å²) in [5.74, 6) is 0.387. The first-order chi connectivity index (χ1) is 13.4. The SMILES string of the molecule is CN=C(NCc1ccc(S(=O)(=O)NC2CC2)cc1)NCc1ccc(F)c(C)c1. The molecule has 1 aliphatic carbocycles. The van der Waals surface area contributed by atoms with Crippen molar-refractivity contribution in [2.24, 2.45) is 4.99 Å². The molecule has 0 atom stereocenters. The summed E-state index contributed by atoms with van der Waals surface area (Å²) in [7, 11) is -1.76. The number of guanidine groups is 1. The fourth-order valence-corrected chi connectivity index (χ4v) is 3.99. The average Bonchev–Trinajstić information content (AvgIpc) is 3.48. The second kappa shape index (κ2) is 8.70. The fraction of sp³-hybridized carbons (Fsp3) is 0.350. The van der Waals surface area contributed by atoms with Gasteiger partial charge in [0.1, 0.15) is 5.82 Å². The van der Waals surface area contributed by atoms with Gasteiger partial charge in [0.25, 0.3) is 0 Å². The summed E-state index contributed by atoms with van der Waals surface area (Å²) in [5, 5.41) is 6.36. The van der Waals surface area contributed by atoms with Crippen LogP contribution >= 0.6 is 0 Å². The molecule has 6 nitrogen and oxygen atoms in total. The van der Waals surface area contributed by atoms with Gasteiger partial charge in [-0.3, -0.25) is 4.99 Å². The van der Waals surface area contributed by atoms with E-state index in [9.17, 15) is 12.8 Å². The third-order valence-corrected chi connectivity index (χ3v) is 6.04. The van der Waals surface area contributed by atoms with Crippen LogP contribution in [0, 0.1) is 12.7 Å². The number of aliphatic imine (C=N–C) groups is 1. The van der Waals surface area contributed by atoms with Crippen LogP contribution in [0.5, 0.6) is 0 Å².